The first-order chi connectivity index (χ1) is 17.4. The average molecular weight is 507 g/mol. The second-order valence-electron chi connectivity index (χ2n) is 9.08. The van der Waals surface area contributed by atoms with Gasteiger partial charge in [0.2, 0.25) is 0 Å². The molecule has 10 heteroatoms. The van der Waals surface area contributed by atoms with Crippen LogP contribution in [0.2, 0.25) is 0 Å². The quantitative estimate of drug-likeness (QED) is 0.351. The van der Waals surface area contributed by atoms with E-state index in [2.05, 4.69) is 20.5 Å². The molecule has 0 bridgehead atoms. The fourth-order valence-corrected chi connectivity index (χ4v) is 5.86. The van der Waals surface area contributed by atoms with Gasteiger partial charge >= 0.3 is 5.97 Å². The molecule has 9 nitrogen and oxygen atoms in total. The lowest BCUT2D eigenvalue weighted by atomic mass is 9.95. The molecular weight excluding hydrogens is 476 g/mol. The maximum absolute atomic E-state index is 13.3. The average Bonchev–Trinajstić information content (AvgIpc) is 3.57. The number of carbonyl (C=O) groups excluding carboxylic acids is 2. The zero-order valence-electron chi connectivity index (χ0n) is 21.0. The summed E-state index contributed by atoms with van der Waals surface area (Å²) in [7, 11) is 0. The predicted molar refractivity (Wildman–Crippen MR) is 139 cm³/mol. The van der Waals surface area contributed by atoms with Gasteiger partial charge in [0.05, 0.1) is 23.6 Å². The van der Waals surface area contributed by atoms with Crippen LogP contribution in [-0.2, 0) is 24.1 Å². The summed E-state index contributed by atoms with van der Waals surface area (Å²) in [5.74, 6) is -0.759. The zero-order chi connectivity index (χ0) is 25.4. The van der Waals surface area contributed by atoms with Gasteiger partial charge in [0.15, 0.2) is 11.3 Å². The third kappa shape index (κ3) is 4.30. The van der Waals surface area contributed by atoms with E-state index in [4.69, 9.17) is 4.74 Å². The van der Waals surface area contributed by atoms with Gasteiger partial charge in [-0.25, -0.2) is 14.3 Å². The summed E-state index contributed by atoms with van der Waals surface area (Å²) in [6, 6.07) is 3.52. The van der Waals surface area contributed by atoms with E-state index >= 15 is 0 Å². The molecule has 0 spiro atoms. The van der Waals surface area contributed by atoms with Crippen molar-refractivity contribution in [3.8, 4) is 11.3 Å². The molecular formula is C26H30N6O3S. The summed E-state index contributed by atoms with van der Waals surface area (Å²) < 4.78 is 9.23. The topological polar surface area (TPSA) is 103 Å². The molecule has 36 heavy (non-hydrogen) atoms. The Morgan fingerprint density at radius 2 is 2.06 bits per heavy atom. The van der Waals surface area contributed by atoms with Crippen molar-refractivity contribution < 1.29 is 14.3 Å². The molecule has 0 saturated heterocycles. The smallest absolute Gasteiger partial charge is 0.341 e. The molecule has 1 unspecified atom stereocenters. The third-order valence-electron chi connectivity index (χ3n) is 6.75. The van der Waals surface area contributed by atoms with Crippen molar-refractivity contribution in [1.82, 2.24) is 24.4 Å². The Hall–Kier alpha value is -3.53. The number of hydrogen-bond donors (Lipinski definition) is 1. The van der Waals surface area contributed by atoms with Gasteiger partial charge in [-0.15, -0.1) is 11.3 Å². The van der Waals surface area contributed by atoms with Crippen LogP contribution in [0.5, 0.6) is 0 Å². The minimum Gasteiger partial charge on any atom is -0.459 e. The Morgan fingerprint density at radius 3 is 2.81 bits per heavy atom. The van der Waals surface area contributed by atoms with Crippen molar-refractivity contribution in [1.29, 1.82) is 0 Å². The molecule has 1 N–H and O–H groups in total. The van der Waals surface area contributed by atoms with Crippen molar-refractivity contribution in [3.63, 3.8) is 0 Å². The van der Waals surface area contributed by atoms with Gasteiger partial charge in [-0.2, -0.15) is 10.2 Å². The molecule has 1 aliphatic rings. The van der Waals surface area contributed by atoms with Crippen LogP contribution in [0.4, 0.5) is 5.00 Å². The van der Waals surface area contributed by atoms with E-state index < -0.39 is 0 Å². The van der Waals surface area contributed by atoms with Crippen molar-refractivity contribution in [3.05, 3.63) is 51.9 Å². The zero-order valence-corrected chi connectivity index (χ0v) is 21.8. The lowest BCUT2D eigenvalue weighted by Crippen LogP contribution is -2.19. The van der Waals surface area contributed by atoms with Crippen LogP contribution in [0.1, 0.15) is 77.0 Å². The van der Waals surface area contributed by atoms with Crippen LogP contribution in [0.15, 0.2) is 24.5 Å². The van der Waals surface area contributed by atoms with E-state index in [-0.39, 0.29) is 23.7 Å². The van der Waals surface area contributed by atoms with E-state index in [0.717, 1.165) is 66.0 Å². The molecule has 0 aliphatic heterocycles. The van der Waals surface area contributed by atoms with E-state index in [9.17, 15) is 9.59 Å². The highest BCUT2D eigenvalue weighted by atomic mass is 32.1. The number of amides is 1. The summed E-state index contributed by atoms with van der Waals surface area (Å²) in [6.45, 7) is 8.66. The molecule has 4 aromatic rings. The summed E-state index contributed by atoms with van der Waals surface area (Å²) in [6.07, 6.45) is 7.88. The lowest BCUT2D eigenvalue weighted by Gasteiger charge is -2.15. The summed E-state index contributed by atoms with van der Waals surface area (Å²) >= 11 is 1.47. The Kier molecular flexibility index (Phi) is 6.61. The highest BCUT2D eigenvalue weighted by Gasteiger charge is 2.29. The second kappa shape index (κ2) is 9.85. The van der Waals surface area contributed by atoms with Gasteiger partial charge in [0.25, 0.3) is 5.91 Å². The van der Waals surface area contributed by atoms with E-state index in [1.54, 1.807) is 23.0 Å². The normalized spacial score (nSPS) is 14.0. The van der Waals surface area contributed by atoms with Crippen molar-refractivity contribution >= 4 is 33.9 Å². The molecule has 4 aromatic heterocycles. The van der Waals surface area contributed by atoms with Gasteiger partial charge in [-0.3, -0.25) is 9.48 Å². The van der Waals surface area contributed by atoms with E-state index in [1.165, 1.54) is 11.3 Å². The molecule has 0 aromatic carbocycles. The van der Waals surface area contributed by atoms with Crippen LogP contribution in [0.25, 0.3) is 16.9 Å². The van der Waals surface area contributed by atoms with Gasteiger partial charge in [-0.1, -0.05) is 6.92 Å². The number of aryl methyl sites for hydroxylation is 2. The fraction of sp³-hybridized carbons (Fsp3) is 0.423. The highest BCUT2D eigenvalue weighted by Crippen LogP contribution is 2.39. The minimum atomic E-state index is -0.386. The Labute approximate surface area is 213 Å². The summed E-state index contributed by atoms with van der Waals surface area (Å²) in [4.78, 5) is 32.0. The second-order valence-corrected chi connectivity index (χ2v) is 10.2. The number of ether oxygens (including phenoxy) is 1. The fourth-order valence-electron chi connectivity index (χ4n) is 4.59. The molecule has 0 saturated carbocycles. The predicted octanol–water partition coefficient (Wildman–Crippen LogP) is 5.07. The minimum absolute atomic E-state index is 0.191. The van der Waals surface area contributed by atoms with E-state index in [0.29, 0.717) is 16.2 Å². The van der Waals surface area contributed by atoms with Gasteiger partial charge in [0, 0.05) is 34.9 Å². The van der Waals surface area contributed by atoms with Crippen LogP contribution < -0.4 is 5.32 Å². The van der Waals surface area contributed by atoms with Crippen molar-refractivity contribution in [2.24, 2.45) is 0 Å². The first kappa shape index (κ1) is 24.2. The van der Waals surface area contributed by atoms with Gasteiger partial charge in [-0.05, 0) is 64.5 Å². The molecule has 188 valence electrons. The maximum atomic E-state index is 13.3. The number of anilines is 1. The van der Waals surface area contributed by atoms with E-state index in [1.807, 2.05) is 38.4 Å². The summed E-state index contributed by atoms with van der Waals surface area (Å²) in [5.41, 5.74) is 5.04. The number of carbonyl (C=O) groups is 2. The van der Waals surface area contributed by atoms with Crippen LogP contribution >= 0.6 is 11.3 Å². The largest absolute Gasteiger partial charge is 0.459 e. The first-order valence-corrected chi connectivity index (χ1v) is 13.3. The molecule has 1 amide bonds. The number of thiophene rings is 1. The van der Waals surface area contributed by atoms with Crippen LogP contribution in [0, 0.1) is 6.92 Å². The number of fused-ring (bicyclic) bond motifs is 2. The number of nitrogens with zero attached hydrogens (tertiary/aromatic N) is 5. The highest BCUT2D eigenvalue weighted by molar-refractivity contribution is 7.17. The van der Waals surface area contributed by atoms with Gasteiger partial charge < -0.3 is 10.1 Å². The lowest BCUT2D eigenvalue weighted by molar-refractivity contribution is 0.0335. The Morgan fingerprint density at radius 1 is 1.25 bits per heavy atom. The monoisotopic (exact) mass is 506 g/mol. The molecule has 0 fully saturated rings. The molecule has 1 atom stereocenters. The van der Waals surface area contributed by atoms with Crippen molar-refractivity contribution in [2.45, 2.75) is 72.4 Å². The third-order valence-corrected chi connectivity index (χ3v) is 7.96. The number of hydrogen-bond acceptors (Lipinski definition) is 7. The standard InChI is InChI=1S/C26H30N6O3S/c1-5-15(3)35-26(34)23-17-9-7-8-10-21(17)36-25(23)29-24(33)19-13-22-27-12-11-20(32(22)30-19)18-14-28-31(6-2)16(18)4/h11-15H,5-10H2,1-4H3,(H,29,33). The number of esters is 1. The van der Waals surface area contributed by atoms with Gasteiger partial charge in [0.1, 0.15) is 5.00 Å². The first-order valence-electron chi connectivity index (χ1n) is 12.5. The molecule has 0 radical (unpaired) electrons. The molecule has 4 heterocycles. The SMILES string of the molecule is CCC(C)OC(=O)c1c(NC(=O)c2cc3nccc(-c4cnn(CC)c4C)n3n2)sc2c1CCCC2. The van der Waals surface area contributed by atoms with Crippen molar-refractivity contribution in [2.75, 3.05) is 5.32 Å². The summed E-state index contributed by atoms with van der Waals surface area (Å²) in [5, 5.41) is 12.5. The number of nitrogens with one attached hydrogen (secondary N) is 1. The Balaban J connectivity index is 1.48. The Bertz CT molecular complexity index is 1450. The maximum Gasteiger partial charge on any atom is 0.341 e. The molecule has 1 aliphatic carbocycles. The number of rotatable bonds is 7. The van der Waals surface area contributed by atoms with Crippen LogP contribution in [-0.4, -0.2) is 42.4 Å². The molecule has 5 rings (SSSR count). The van der Waals surface area contributed by atoms with Crippen LogP contribution in [0.3, 0.4) is 0 Å². The number of aromatic nitrogens is 5.